The van der Waals surface area contributed by atoms with Gasteiger partial charge in [-0.1, -0.05) is 18.5 Å². The number of nitrogens with one attached hydrogen (secondary N) is 2. The molecule has 1 rings (SSSR count). The lowest BCUT2D eigenvalue weighted by Gasteiger charge is -2.24. The first-order valence-corrected chi connectivity index (χ1v) is 7.22. The average molecular weight is 312 g/mol. The summed E-state index contributed by atoms with van der Waals surface area (Å²) in [5, 5.41) is 5.82. The number of anilines is 1. The van der Waals surface area contributed by atoms with Crippen LogP contribution in [0.2, 0.25) is 5.02 Å². The van der Waals surface area contributed by atoms with E-state index in [1.54, 1.807) is 19.1 Å². The Labute approximate surface area is 130 Å². The Balaban J connectivity index is 2.88. The van der Waals surface area contributed by atoms with E-state index in [0.717, 1.165) is 6.42 Å². The third-order valence-corrected chi connectivity index (χ3v) is 3.54. The SMILES string of the molecule is CCC(C)(C)NC(=O)c1ccc(NC(=O)[C@H](C)N)cc1Cl. The first kappa shape index (κ1) is 17.5. The summed E-state index contributed by atoms with van der Waals surface area (Å²) in [6, 6.07) is 4.13. The lowest BCUT2D eigenvalue weighted by molar-refractivity contribution is -0.117. The number of rotatable bonds is 5. The molecule has 0 saturated carbocycles. The molecule has 4 N–H and O–H groups in total. The monoisotopic (exact) mass is 311 g/mol. The van der Waals surface area contributed by atoms with Gasteiger partial charge in [0.2, 0.25) is 5.91 Å². The van der Waals surface area contributed by atoms with E-state index in [0.29, 0.717) is 11.3 Å². The summed E-state index contributed by atoms with van der Waals surface area (Å²) >= 11 is 6.12. The Morgan fingerprint density at radius 1 is 1.38 bits per heavy atom. The summed E-state index contributed by atoms with van der Waals surface area (Å²) in [4.78, 5) is 23.7. The van der Waals surface area contributed by atoms with Gasteiger partial charge in [0.15, 0.2) is 0 Å². The molecule has 0 aromatic heterocycles. The lowest BCUT2D eigenvalue weighted by Crippen LogP contribution is -2.42. The first-order chi connectivity index (χ1) is 9.66. The van der Waals surface area contributed by atoms with Crippen molar-refractivity contribution in [2.45, 2.75) is 45.7 Å². The van der Waals surface area contributed by atoms with E-state index >= 15 is 0 Å². The van der Waals surface area contributed by atoms with Crippen LogP contribution in [0.5, 0.6) is 0 Å². The maximum atomic E-state index is 12.2. The van der Waals surface area contributed by atoms with Crippen LogP contribution in [0.1, 0.15) is 44.5 Å². The van der Waals surface area contributed by atoms with E-state index in [9.17, 15) is 9.59 Å². The minimum absolute atomic E-state index is 0.239. The number of carbonyl (C=O) groups is 2. The molecule has 1 aromatic carbocycles. The van der Waals surface area contributed by atoms with E-state index < -0.39 is 6.04 Å². The van der Waals surface area contributed by atoms with E-state index in [2.05, 4.69) is 10.6 Å². The van der Waals surface area contributed by atoms with Gasteiger partial charge in [0.1, 0.15) is 0 Å². The van der Waals surface area contributed by atoms with Crippen LogP contribution in [-0.2, 0) is 4.79 Å². The van der Waals surface area contributed by atoms with Gasteiger partial charge in [0.05, 0.1) is 16.6 Å². The Morgan fingerprint density at radius 2 is 2.00 bits per heavy atom. The topological polar surface area (TPSA) is 84.2 Å². The summed E-state index contributed by atoms with van der Waals surface area (Å²) in [5.74, 6) is -0.549. The van der Waals surface area contributed by atoms with Crippen LogP contribution < -0.4 is 16.4 Å². The molecule has 0 aliphatic carbocycles. The van der Waals surface area contributed by atoms with E-state index in [4.69, 9.17) is 17.3 Å². The van der Waals surface area contributed by atoms with Gasteiger partial charge >= 0.3 is 0 Å². The molecule has 1 aromatic rings. The Kier molecular flexibility index (Phi) is 5.75. The molecule has 6 heteroatoms. The van der Waals surface area contributed by atoms with Crippen molar-refractivity contribution in [2.75, 3.05) is 5.32 Å². The fourth-order valence-electron chi connectivity index (χ4n) is 1.50. The van der Waals surface area contributed by atoms with Crippen LogP contribution in [0, 0.1) is 0 Å². The fraction of sp³-hybridized carbons (Fsp3) is 0.467. The summed E-state index contributed by atoms with van der Waals surface area (Å²) in [5.41, 5.74) is 6.05. The van der Waals surface area contributed by atoms with E-state index in [1.807, 2.05) is 20.8 Å². The minimum atomic E-state index is -0.614. The van der Waals surface area contributed by atoms with E-state index in [-0.39, 0.29) is 22.4 Å². The first-order valence-electron chi connectivity index (χ1n) is 6.85. The predicted octanol–water partition coefficient (Wildman–Crippen LogP) is 2.54. The number of halogens is 1. The Morgan fingerprint density at radius 3 is 2.48 bits per heavy atom. The number of hydrogen-bond acceptors (Lipinski definition) is 3. The quantitative estimate of drug-likeness (QED) is 0.781. The second kappa shape index (κ2) is 6.91. The molecular weight excluding hydrogens is 290 g/mol. The van der Waals surface area contributed by atoms with Crippen molar-refractivity contribution in [3.05, 3.63) is 28.8 Å². The minimum Gasteiger partial charge on any atom is -0.347 e. The van der Waals surface area contributed by atoms with Gasteiger partial charge in [0.25, 0.3) is 5.91 Å². The van der Waals surface area contributed by atoms with Crippen molar-refractivity contribution in [3.63, 3.8) is 0 Å². The normalized spacial score (nSPS) is 12.7. The number of nitrogens with two attached hydrogens (primary N) is 1. The van der Waals surface area contributed by atoms with Gasteiger partial charge < -0.3 is 16.4 Å². The van der Waals surface area contributed by atoms with Crippen LogP contribution in [0.15, 0.2) is 18.2 Å². The molecule has 0 saturated heterocycles. The van der Waals surface area contributed by atoms with E-state index in [1.165, 1.54) is 6.07 Å². The van der Waals surface area contributed by atoms with Crippen molar-refractivity contribution in [1.29, 1.82) is 0 Å². The molecule has 0 aliphatic rings. The highest BCUT2D eigenvalue weighted by atomic mass is 35.5. The van der Waals surface area contributed by atoms with Crippen molar-refractivity contribution < 1.29 is 9.59 Å². The zero-order valence-electron chi connectivity index (χ0n) is 12.8. The molecule has 0 bridgehead atoms. The highest BCUT2D eigenvalue weighted by Gasteiger charge is 2.20. The highest BCUT2D eigenvalue weighted by Crippen LogP contribution is 2.22. The summed E-state index contributed by atoms with van der Waals surface area (Å²) in [6.07, 6.45) is 0.804. The van der Waals surface area contributed by atoms with Gasteiger partial charge in [0, 0.05) is 11.2 Å². The molecule has 0 spiro atoms. The third kappa shape index (κ3) is 5.02. The molecule has 0 fully saturated rings. The van der Waals surface area contributed by atoms with Gasteiger partial charge in [-0.25, -0.2) is 0 Å². The summed E-state index contributed by atoms with van der Waals surface area (Å²) in [7, 11) is 0. The van der Waals surface area contributed by atoms with Crippen LogP contribution in [0.4, 0.5) is 5.69 Å². The number of carbonyl (C=O) groups excluding carboxylic acids is 2. The molecule has 0 unspecified atom stereocenters. The van der Waals surface area contributed by atoms with Crippen molar-refractivity contribution in [1.82, 2.24) is 5.32 Å². The number of amides is 2. The zero-order chi connectivity index (χ0) is 16.2. The van der Waals surface area contributed by atoms with Gasteiger partial charge in [-0.2, -0.15) is 0 Å². The molecule has 116 valence electrons. The largest absolute Gasteiger partial charge is 0.347 e. The summed E-state index contributed by atoms with van der Waals surface area (Å²) < 4.78 is 0. The fourth-order valence-corrected chi connectivity index (χ4v) is 1.76. The second-order valence-corrected chi connectivity index (χ2v) is 6.07. The summed E-state index contributed by atoms with van der Waals surface area (Å²) in [6.45, 7) is 7.46. The Hall–Kier alpha value is -1.59. The molecule has 0 heterocycles. The Bertz CT molecular complexity index is 542. The van der Waals surface area contributed by atoms with Crippen LogP contribution in [0.25, 0.3) is 0 Å². The van der Waals surface area contributed by atoms with Gasteiger partial charge in [-0.3, -0.25) is 9.59 Å². The molecule has 1 atom stereocenters. The van der Waals surface area contributed by atoms with Crippen molar-refractivity contribution in [3.8, 4) is 0 Å². The van der Waals surface area contributed by atoms with Crippen LogP contribution in [0.3, 0.4) is 0 Å². The van der Waals surface area contributed by atoms with Gasteiger partial charge in [-0.15, -0.1) is 0 Å². The predicted molar refractivity (Wildman–Crippen MR) is 85.6 cm³/mol. The van der Waals surface area contributed by atoms with Crippen molar-refractivity contribution >= 4 is 29.1 Å². The zero-order valence-corrected chi connectivity index (χ0v) is 13.5. The van der Waals surface area contributed by atoms with Crippen LogP contribution >= 0.6 is 11.6 Å². The molecule has 5 nitrogen and oxygen atoms in total. The molecular formula is C15H22ClN3O2. The smallest absolute Gasteiger partial charge is 0.253 e. The highest BCUT2D eigenvalue weighted by molar-refractivity contribution is 6.34. The molecule has 21 heavy (non-hydrogen) atoms. The number of benzene rings is 1. The maximum absolute atomic E-state index is 12.2. The van der Waals surface area contributed by atoms with Crippen molar-refractivity contribution in [2.24, 2.45) is 5.73 Å². The molecule has 0 radical (unpaired) electrons. The maximum Gasteiger partial charge on any atom is 0.253 e. The third-order valence-electron chi connectivity index (χ3n) is 3.23. The second-order valence-electron chi connectivity index (χ2n) is 5.66. The standard InChI is InChI=1S/C15H22ClN3O2/c1-5-15(3,4)19-14(21)11-7-6-10(8-12(11)16)18-13(20)9(2)17/h6-9H,5,17H2,1-4H3,(H,18,20)(H,19,21)/t9-/m0/s1. The van der Waals surface area contributed by atoms with Gasteiger partial charge in [-0.05, 0) is 45.4 Å². The number of hydrogen-bond donors (Lipinski definition) is 3. The molecule has 0 aliphatic heterocycles. The average Bonchev–Trinajstić information content (AvgIpc) is 2.37. The van der Waals surface area contributed by atoms with Crippen LogP contribution in [-0.4, -0.2) is 23.4 Å². The molecule has 2 amide bonds. The lowest BCUT2D eigenvalue weighted by atomic mass is 10.0.